The lowest BCUT2D eigenvalue weighted by Gasteiger charge is -2.32. The molecule has 8 heteroatoms. The van der Waals surface area contributed by atoms with Crippen LogP contribution in [0.3, 0.4) is 0 Å². The molecule has 2 aromatic rings. The Morgan fingerprint density at radius 1 is 1.09 bits per heavy atom. The van der Waals surface area contributed by atoms with Gasteiger partial charge in [0.2, 0.25) is 5.60 Å². The van der Waals surface area contributed by atoms with Gasteiger partial charge < -0.3 is 5.11 Å². The molecule has 1 N–H and O–H groups in total. The highest BCUT2D eigenvalue weighted by atomic mass is 79.9. The van der Waals surface area contributed by atoms with E-state index in [0.717, 1.165) is 24.3 Å². The van der Waals surface area contributed by atoms with Gasteiger partial charge in [-0.05, 0) is 6.07 Å². The first-order chi connectivity index (χ1) is 10.2. The Labute approximate surface area is 131 Å². The molecule has 0 aliphatic carbocycles. The van der Waals surface area contributed by atoms with Crippen molar-refractivity contribution < 1.29 is 23.2 Å². The highest BCUT2D eigenvalue weighted by molar-refractivity contribution is 9.10. The maximum atomic E-state index is 13.5. The van der Waals surface area contributed by atoms with Gasteiger partial charge in [-0.1, -0.05) is 46.3 Å². The van der Waals surface area contributed by atoms with Crippen molar-refractivity contribution in [1.82, 2.24) is 0 Å². The molecule has 0 spiro atoms. The van der Waals surface area contributed by atoms with E-state index in [4.69, 9.17) is 0 Å². The summed E-state index contributed by atoms with van der Waals surface area (Å²) in [6.45, 7) is 0. The van der Waals surface area contributed by atoms with Crippen LogP contribution in [0.2, 0.25) is 0 Å². The highest BCUT2D eigenvalue weighted by Crippen LogP contribution is 2.46. The van der Waals surface area contributed by atoms with E-state index in [0.29, 0.717) is 6.07 Å². The zero-order valence-electron chi connectivity index (χ0n) is 10.8. The van der Waals surface area contributed by atoms with Gasteiger partial charge in [0.15, 0.2) is 0 Å². The summed E-state index contributed by atoms with van der Waals surface area (Å²) in [5, 5.41) is 21.2. The molecule has 22 heavy (non-hydrogen) atoms. The van der Waals surface area contributed by atoms with Crippen molar-refractivity contribution in [1.29, 1.82) is 0 Å². The van der Waals surface area contributed by atoms with Crippen LogP contribution in [0.15, 0.2) is 53.0 Å². The number of benzene rings is 2. The average Bonchev–Trinajstić information content (AvgIpc) is 2.46. The molecule has 0 fully saturated rings. The second kappa shape index (κ2) is 5.69. The number of halogens is 4. The maximum absolute atomic E-state index is 13.5. The van der Waals surface area contributed by atoms with E-state index in [2.05, 4.69) is 15.9 Å². The fraction of sp³-hybridized carbons (Fsp3) is 0.143. The summed E-state index contributed by atoms with van der Waals surface area (Å²) in [6, 6.07) is 9.17. The molecule has 0 aliphatic rings. The van der Waals surface area contributed by atoms with E-state index in [9.17, 15) is 28.4 Å². The Bertz CT molecular complexity index is 720. The van der Waals surface area contributed by atoms with Crippen LogP contribution in [0.25, 0.3) is 0 Å². The molecule has 2 rings (SSSR count). The zero-order valence-corrected chi connectivity index (χ0v) is 12.4. The van der Waals surface area contributed by atoms with Crippen molar-refractivity contribution in [3.63, 3.8) is 0 Å². The number of aliphatic hydroxyl groups is 1. The molecule has 1 atom stereocenters. The van der Waals surface area contributed by atoms with Crippen LogP contribution in [0.5, 0.6) is 0 Å². The van der Waals surface area contributed by atoms with Crippen LogP contribution in [0.1, 0.15) is 11.1 Å². The van der Waals surface area contributed by atoms with Gasteiger partial charge in [0.1, 0.15) is 0 Å². The first kappa shape index (κ1) is 16.4. The standard InChI is InChI=1S/C14H9BrF3NO3/c15-12-7-2-1-6-11(12)13(20,14(16,17)18)9-4-3-5-10(8-9)19(21)22/h1-8,20H. The minimum Gasteiger partial charge on any atom is -0.372 e. The molecule has 2 aromatic carbocycles. The minimum atomic E-state index is -5.06. The average molecular weight is 376 g/mol. The van der Waals surface area contributed by atoms with Crippen molar-refractivity contribution in [2.45, 2.75) is 11.8 Å². The fourth-order valence-electron chi connectivity index (χ4n) is 2.07. The van der Waals surface area contributed by atoms with E-state index < -0.39 is 33.5 Å². The molecule has 0 saturated carbocycles. The predicted octanol–water partition coefficient (Wildman–Crippen LogP) is 4.16. The van der Waals surface area contributed by atoms with Crippen LogP contribution in [0, 0.1) is 10.1 Å². The summed E-state index contributed by atoms with van der Waals surface area (Å²) in [5.41, 5.74) is -4.96. The van der Waals surface area contributed by atoms with Gasteiger partial charge in [-0.2, -0.15) is 13.2 Å². The second-order valence-corrected chi connectivity index (χ2v) is 5.35. The molecule has 1 unspecified atom stereocenters. The van der Waals surface area contributed by atoms with Gasteiger partial charge in [0.05, 0.1) is 4.92 Å². The molecular weight excluding hydrogens is 367 g/mol. The van der Waals surface area contributed by atoms with Gasteiger partial charge in [0, 0.05) is 27.7 Å². The van der Waals surface area contributed by atoms with Crippen molar-refractivity contribution >= 4 is 21.6 Å². The van der Waals surface area contributed by atoms with Gasteiger partial charge in [-0.25, -0.2) is 0 Å². The van der Waals surface area contributed by atoms with Gasteiger partial charge in [0.25, 0.3) is 5.69 Å². The molecule has 0 amide bonds. The quantitative estimate of drug-likeness (QED) is 0.647. The molecule has 0 aliphatic heterocycles. The highest BCUT2D eigenvalue weighted by Gasteiger charge is 2.57. The number of non-ortho nitro benzene ring substituents is 1. The summed E-state index contributed by atoms with van der Waals surface area (Å²) in [5.74, 6) is 0. The number of hydrogen-bond donors (Lipinski definition) is 1. The SMILES string of the molecule is O=[N+]([O-])c1cccc(C(O)(c2ccccc2Br)C(F)(F)F)c1. The summed E-state index contributed by atoms with van der Waals surface area (Å²) < 4.78 is 40.7. The Balaban J connectivity index is 2.74. The molecular formula is C14H9BrF3NO3. The van der Waals surface area contributed by atoms with Crippen molar-refractivity contribution in [2.75, 3.05) is 0 Å². The molecule has 0 radical (unpaired) electrons. The van der Waals surface area contributed by atoms with Crippen LogP contribution in [-0.2, 0) is 5.60 Å². The Kier molecular flexibility index (Phi) is 4.25. The number of rotatable bonds is 3. The molecule has 0 bridgehead atoms. The van der Waals surface area contributed by atoms with E-state index in [-0.39, 0.29) is 4.47 Å². The third kappa shape index (κ3) is 2.71. The zero-order chi connectivity index (χ0) is 16.5. The Morgan fingerprint density at radius 2 is 1.73 bits per heavy atom. The van der Waals surface area contributed by atoms with Gasteiger partial charge >= 0.3 is 6.18 Å². The number of hydrogen-bond acceptors (Lipinski definition) is 3. The second-order valence-electron chi connectivity index (χ2n) is 4.50. The monoisotopic (exact) mass is 375 g/mol. The maximum Gasteiger partial charge on any atom is 0.425 e. The first-order valence-corrected chi connectivity index (χ1v) is 6.76. The predicted molar refractivity (Wildman–Crippen MR) is 76.3 cm³/mol. The van der Waals surface area contributed by atoms with Crippen molar-refractivity contribution in [3.05, 3.63) is 74.2 Å². The lowest BCUT2D eigenvalue weighted by molar-refractivity contribution is -0.385. The summed E-state index contributed by atoms with van der Waals surface area (Å²) >= 11 is 2.98. The van der Waals surface area contributed by atoms with E-state index in [1.165, 1.54) is 18.2 Å². The summed E-state index contributed by atoms with van der Waals surface area (Å²) in [6.07, 6.45) is -5.06. The third-order valence-corrected chi connectivity index (χ3v) is 3.84. The van der Waals surface area contributed by atoms with Crippen molar-refractivity contribution in [3.8, 4) is 0 Å². The first-order valence-electron chi connectivity index (χ1n) is 5.97. The van der Waals surface area contributed by atoms with Crippen LogP contribution >= 0.6 is 15.9 Å². The Morgan fingerprint density at radius 3 is 2.27 bits per heavy atom. The summed E-state index contributed by atoms with van der Waals surface area (Å²) in [4.78, 5) is 9.95. The van der Waals surface area contributed by atoms with Gasteiger partial charge in [-0.15, -0.1) is 0 Å². The number of nitro benzene ring substituents is 1. The van der Waals surface area contributed by atoms with E-state index >= 15 is 0 Å². The number of nitrogens with zero attached hydrogens (tertiary/aromatic N) is 1. The van der Waals surface area contributed by atoms with Gasteiger partial charge in [-0.3, -0.25) is 10.1 Å². The van der Waals surface area contributed by atoms with Crippen LogP contribution < -0.4 is 0 Å². The minimum absolute atomic E-state index is 0.0429. The largest absolute Gasteiger partial charge is 0.425 e. The smallest absolute Gasteiger partial charge is 0.372 e. The van der Waals surface area contributed by atoms with Crippen molar-refractivity contribution in [2.24, 2.45) is 0 Å². The third-order valence-electron chi connectivity index (χ3n) is 3.15. The topological polar surface area (TPSA) is 63.4 Å². The van der Waals surface area contributed by atoms with Crippen LogP contribution in [0.4, 0.5) is 18.9 Å². The summed E-state index contributed by atoms with van der Waals surface area (Å²) in [7, 11) is 0. The number of alkyl halides is 3. The molecule has 116 valence electrons. The fourth-order valence-corrected chi connectivity index (χ4v) is 2.64. The van der Waals surface area contributed by atoms with E-state index in [1.54, 1.807) is 0 Å². The Hall–Kier alpha value is -1.93. The lowest BCUT2D eigenvalue weighted by Crippen LogP contribution is -2.43. The number of nitro groups is 1. The lowest BCUT2D eigenvalue weighted by atomic mass is 9.85. The molecule has 4 nitrogen and oxygen atoms in total. The molecule has 0 saturated heterocycles. The van der Waals surface area contributed by atoms with E-state index in [1.807, 2.05) is 0 Å². The van der Waals surface area contributed by atoms with Crippen LogP contribution in [-0.4, -0.2) is 16.2 Å². The molecule has 0 aromatic heterocycles. The normalized spacial score (nSPS) is 14.4. The molecule has 0 heterocycles.